The second-order valence-electron chi connectivity index (χ2n) is 6.88. The van der Waals surface area contributed by atoms with Crippen LogP contribution in [0.4, 0.5) is 13.2 Å². The minimum atomic E-state index is -4.36. The second kappa shape index (κ2) is 9.21. The molecule has 2 atom stereocenters. The molecule has 27 heavy (non-hydrogen) atoms. The van der Waals surface area contributed by atoms with Gasteiger partial charge in [-0.25, -0.2) is 0 Å². The van der Waals surface area contributed by atoms with Crippen LogP contribution in [0.25, 0.3) is 0 Å². The van der Waals surface area contributed by atoms with Gasteiger partial charge in [-0.3, -0.25) is 14.5 Å². The van der Waals surface area contributed by atoms with Gasteiger partial charge < -0.3 is 10.6 Å². The fraction of sp³-hybridized carbons (Fsp3) is 0.579. The summed E-state index contributed by atoms with van der Waals surface area (Å²) >= 11 is 0. The van der Waals surface area contributed by atoms with E-state index in [1.807, 2.05) is 7.05 Å². The largest absolute Gasteiger partial charge is 0.416 e. The van der Waals surface area contributed by atoms with E-state index in [4.69, 9.17) is 0 Å². The summed E-state index contributed by atoms with van der Waals surface area (Å²) in [6, 6.07) is 5.09. The zero-order chi connectivity index (χ0) is 20.0. The van der Waals surface area contributed by atoms with Gasteiger partial charge in [0.25, 0.3) is 0 Å². The molecule has 0 aromatic heterocycles. The van der Waals surface area contributed by atoms with Gasteiger partial charge in [-0.15, -0.1) is 0 Å². The van der Waals surface area contributed by atoms with Gasteiger partial charge in [0.05, 0.1) is 5.56 Å². The lowest BCUT2D eigenvalue weighted by atomic mass is 10.1. The molecule has 1 heterocycles. The number of rotatable bonds is 7. The Labute approximate surface area is 157 Å². The van der Waals surface area contributed by atoms with Crippen molar-refractivity contribution in [1.29, 1.82) is 0 Å². The van der Waals surface area contributed by atoms with Crippen LogP contribution in [0.2, 0.25) is 0 Å². The average molecular weight is 385 g/mol. The molecule has 0 saturated carbocycles. The fourth-order valence-electron chi connectivity index (χ4n) is 3.24. The SMILES string of the molecule is CCC(=O)NC[C@@H]1CC[C@H](CC(=O)NCc2ccc(C(F)(F)F)cc2)N1C. The standard InChI is InChI=1S/C19H26F3N3O2/c1-3-17(26)24-12-16-9-8-15(25(16)2)10-18(27)23-11-13-4-6-14(7-5-13)19(20,21)22/h4-7,15-16H,3,8-12H2,1-2H3,(H,23,27)(H,24,26)/t15-,16+/m1/s1. The first-order valence-corrected chi connectivity index (χ1v) is 9.12. The Bertz CT molecular complexity index is 647. The first-order chi connectivity index (χ1) is 12.7. The van der Waals surface area contributed by atoms with E-state index < -0.39 is 11.7 Å². The lowest BCUT2D eigenvalue weighted by Gasteiger charge is -2.25. The lowest BCUT2D eigenvalue weighted by molar-refractivity contribution is -0.137. The number of likely N-dealkylation sites (N-methyl/N-ethyl adjacent to an activating group) is 1. The van der Waals surface area contributed by atoms with Crippen molar-refractivity contribution >= 4 is 11.8 Å². The average Bonchev–Trinajstić information content (AvgIpc) is 2.97. The van der Waals surface area contributed by atoms with E-state index >= 15 is 0 Å². The van der Waals surface area contributed by atoms with Crippen molar-refractivity contribution in [1.82, 2.24) is 15.5 Å². The third kappa shape index (κ3) is 6.23. The van der Waals surface area contributed by atoms with E-state index in [-0.39, 0.29) is 30.4 Å². The summed E-state index contributed by atoms with van der Waals surface area (Å²) in [4.78, 5) is 25.7. The molecule has 1 aromatic carbocycles. The summed E-state index contributed by atoms with van der Waals surface area (Å²) in [7, 11) is 1.95. The number of hydrogen-bond donors (Lipinski definition) is 2. The summed E-state index contributed by atoms with van der Waals surface area (Å²) in [5.41, 5.74) is -0.0809. The minimum Gasteiger partial charge on any atom is -0.355 e. The van der Waals surface area contributed by atoms with Crippen LogP contribution in [0.5, 0.6) is 0 Å². The summed E-state index contributed by atoms with van der Waals surface area (Å²) in [6.07, 6.45) is -1.79. The number of benzene rings is 1. The Balaban J connectivity index is 1.76. The van der Waals surface area contributed by atoms with Crippen molar-refractivity contribution in [2.24, 2.45) is 0 Å². The van der Waals surface area contributed by atoms with Crippen LogP contribution in [0, 0.1) is 0 Å². The van der Waals surface area contributed by atoms with Crippen LogP contribution in [0.15, 0.2) is 24.3 Å². The van der Waals surface area contributed by atoms with Gasteiger partial charge in [-0.05, 0) is 37.6 Å². The van der Waals surface area contributed by atoms with Crippen LogP contribution in [0.3, 0.4) is 0 Å². The molecule has 2 N–H and O–H groups in total. The fourth-order valence-corrected chi connectivity index (χ4v) is 3.24. The van der Waals surface area contributed by atoms with Gasteiger partial charge in [0.15, 0.2) is 0 Å². The second-order valence-corrected chi connectivity index (χ2v) is 6.88. The number of carbonyl (C=O) groups is 2. The molecule has 0 radical (unpaired) electrons. The highest BCUT2D eigenvalue weighted by Crippen LogP contribution is 2.29. The smallest absolute Gasteiger partial charge is 0.355 e. The Kier molecular flexibility index (Phi) is 7.24. The number of halogens is 3. The summed E-state index contributed by atoms with van der Waals surface area (Å²) < 4.78 is 37.7. The molecular weight excluding hydrogens is 359 g/mol. The van der Waals surface area contributed by atoms with Gasteiger partial charge in [0.2, 0.25) is 11.8 Å². The van der Waals surface area contributed by atoms with Crippen molar-refractivity contribution in [3.05, 3.63) is 35.4 Å². The first-order valence-electron chi connectivity index (χ1n) is 9.12. The molecule has 2 rings (SSSR count). The molecule has 0 unspecified atom stereocenters. The highest BCUT2D eigenvalue weighted by atomic mass is 19.4. The van der Waals surface area contributed by atoms with Gasteiger partial charge >= 0.3 is 6.18 Å². The molecule has 0 aliphatic carbocycles. The predicted octanol–water partition coefficient (Wildman–Crippen LogP) is 2.70. The van der Waals surface area contributed by atoms with Crippen LogP contribution in [-0.4, -0.2) is 42.4 Å². The van der Waals surface area contributed by atoms with E-state index in [1.165, 1.54) is 12.1 Å². The lowest BCUT2D eigenvalue weighted by Crippen LogP contribution is -2.42. The topological polar surface area (TPSA) is 61.4 Å². The van der Waals surface area contributed by atoms with E-state index in [9.17, 15) is 22.8 Å². The van der Waals surface area contributed by atoms with Gasteiger partial charge in [-0.2, -0.15) is 13.2 Å². The Morgan fingerprint density at radius 3 is 2.30 bits per heavy atom. The van der Waals surface area contributed by atoms with Gasteiger partial charge in [0.1, 0.15) is 0 Å². The highest BCUT2D eigenvalue weighted by molar-refractivity contribution is 5.76. The molecule has 8 heteroatoms. The number of alkyl halides is 3. The molecule has 1 aliphatic rings. The van der Waals surface area contributed by atoms with Crippen molar-refractivity contribution < 1.29 is 22.8 Å². The van der Waals surface area contributed by atoms with Gasteiger partial charge in [-0.1, -0.05) is 19.1 Å². The van der Waals surface area contributed by atoms with Crippen molar-refractivity contribution in [3.63, 3.8) is 0 Å². The number of hydrogen-bond acceptors (Lipinski definition) is 3. The maximum absolute atomic E-state index is 12.6. The van der Waals surface area contributed by atoms with Crippen LogP contribution in [0.1, 0.15) is 43.7 Å². The molecule has 1 aliphatic heterocycles. The Hall–Kier alpha value is -2.09. The summed E-state index contributed by atoms with van der Waals surface area (Å²) in [5, 5.41) is 5.64. The number of nitrogens with one attached hydrogen (secondary N) is 2. The molecule has 0 spiro atoms. The third-order valence-electron chi connectivity index (χ3n) is 5.03. The Morgan fingerprint density at radius 1 is 1.07 bits per heavy atom. The predicted molar refractivity (Wildman–Crippen MR) is 95.8 cm³/mol. The van der Waals surface area contributed by atoms with Crippen LogP contribution < -0.4 is 10.6 Å². The van der Waals surface area contributed by atoms with E-state index in [0.29, 0.717) is 24.9 Å². The zero-order valence-corrected chi connectivity index (χ0v) is 15.6. The van der Waals surface area contributed by atoms with Crippen LogP contribution >= 0.6 is 0 Å². The maximum Gasteiger partial charge on any atom is 0.416 e. The normalized spacial score (nSPS) is 20.5. The Morgan fingerprint density at radius 2 is 1.70 bits per heavy atom. The molecule has 150 valence electrons. The third-order valence-corrected chi connectivity index (χ3v) is 5.03. The van der Waals surface area contributed by atoms with E-state index in [1.54, 1.807) is 6.92 Å². The molecule has 1 aromatic rings. The quantitative estimate of drug-likeness (QED) is 0.759. The van der Waals surface area contributed by atoms with Crippen molar-refractivity contribution in [2.75, 3.05) is 13.6 Å². The number of likely N-dealkylation sites (tertiary alicyclic amines) is 1. The maximum atomic E-state index is 12.6. The molecular formula is C19H26F3N3O2. The van der Waals surface area contributed by atoms with Crippen molar-refractivity contribution in [3.8, 4) is 0 Å². The zero-order valence-electron chi connectivity index (χ0n) is 15.6. The molecule has 1 fully saturated rings. The van der Waals surface area contributed by atoms with Crippen molar-refractivity contribution in [2.45, 2.75) is 57.4 Å². The molecule has 2 amide bonds. The number of nitrogens with zero attached hydrogens (tertiary/aromatic N) is 1. The monoisotopic (exact) mass is 385 g/mol. The van der Waals surface area contributed by atoms with E-state index in [2.05, 4.69) is 15.5 Å². The summed E-state index contributed by atoms with van der Waals surface area (Å²) in [6.45, 7) is 2.58. The summed E-state index contributed by atoms with van der Waals surface area (Å²) in [5.74, 6) is -0.119. The number of carbonyl (C=O) groups excluding carboxylic acids is 2. The molecule has 1 saturated heterocycles. The molecule has 0 bridgehead atoms. The first kappa shape index (κ1) is 21.2. The van der Waals surface area contributed by atoms with Crippen LogP contribution in [-0.2, 0) is 22.3 Å². The molecule has 5 nitrogen and oxygen atoms in total. The number of amides is 2. The van der Waals surface area contributed by atoms with E-state index in [0.717, 1.165) is 25.0 Å². The minimum absolute atomic E-state index is 0.0149. The highest BCUT2D eigenvalue weighted by Gasteiger charge is 2.32. The van der Waals surface area contributed by atoms with Gasteiger partial charge in [0, 0.05) is 38.0 Å².